The Labute approximate surface area is 175 Å². The van der Waals surface area contributed by atoms with Gasteiger partial charge in [-0.05, 0) is 11.6 Å². The van der Waals surface area contributed by atoms with E-state index in [2.05, 4.69) is 0 Å². The average Bonchev–Trinajstić information content (AvgIpc) is 3.31. The molecule has 2 saturated heterocycles. The number of amides is 1. The lowest BCUT2D eigenvalue weighted by Crippen LogP contribution is -2.46. The number of halogens is 1. The lowest BCUT2D eigenvalue weighted by atomic mass is 9.76. The van der Waals surface area contributed by atoms with Crippen molar-refractivity contribution in [2.45, 2.75) is 24.1 Å². The second kappa shape index (κ2) is 7.45. The van der Waals surface area contributed by atoms with Crippen LogP contribution in [0.25, 0.3) is 0 Å². The molecule has 0 bridgehead atoms. The van der Waals surface area contributed by atoms with Crippen molar-refractivity contribution >= 4 is 17.6 Å². The van der Waals surface area contributed by atoms with E-state index in [4.69, 9.17) is 9.47 Å². The lowest BCUT2D eigenvalue weighted by Gasteiger charge is -2.28. The summed E-state index contributed by atoms with van der Waals surface area (Å²) in [5, 5.41) is 20.6. The number of rotatable bonds is 4. The first-order chi connectivity index (χ1) is 14.9. The van der Waals surface area contributed by atoms with Gasteiger partial charge in [-0.2, -0.15) is 9.65 Å². The number of nitro groups is 1. The Hall–Kier alpha value is -3.84. The van der Waals surface area contributed by atoms with Crippen molar-refractivity contribution < 1.29 is 28.4 Å². The second-order valence-corrected chi connectivity index (χ2v) is 7.22. The monoisotopic (exact) mass is 425 g/mol. The predicted octanol–water partition coefficient (Wildman–Crippen LogP) is 2.35. The Morgan fingerprint density at radius 2 is 2.06 bits per heavy atom. The molecule has 4 rings (SSSR count). The van der Waals surface area contributed by atoms with Gasteiger partial charge in [-0.1, -0.05) is 30.3 Å². The van der Waals surface area contributed by atoms with Crippen LogP contribution in [0.3, 0.4) is 0 Å². The zero-order chi connectivity index (χ0) is 22.3. The average molecular weight is 425 g/mol. The quantitative estimate of drug-likeness (QED) is 0.319. The van der Waals surface area contributed by atoms with Crippen molar-refractivity contribution in [3.05, 3.63) is 75.1 Å². The van der Waals surface area contributed by atoms with E-state index in [1.807, 2.05) is 18.2 Å². The van der Waals surface area contributed by atoms with Crippen molar-refractivity contribution in [2.75, 3.05) is 13.7 Å². The van der Waals surface area contributed by atoms with Crippen LogP contribution in [0.1, 0.15) is 29.2 Å². The smallest absolute Gasteiger partial charge is 0.326 e. The third-order valence-electron chi connectivity index (χ3n) is 5.78. The molecular formula is C21H16FN3O6. The van der Waals surface area contributed by atoms with Crippen molar-refractivity contribution in [3.63, 3.8) is 0 Å². The molecule has 10 heteroatoms. The molecule has 0 aromatic heterocycles. The Balaban J connectivity index is 1.88. The number of carbonyl (C=O) groups is 2. The summed E-state index contributed by atoms with van der Waals surface area (Å²) in [7, 11) is 1.07. The third-order valence-corrected chi connectivity index (χ3v) is 5.78. The topological polar surface area (TPSA) is 123 Å². The Bertz CT molecular complexity index is 1130. The number of carbonyl (C=O) groups excluding carboxylic acids is 2. The number of hydrogen-bond donors (Lipinski definition) is 0. The number of fused-ring (bicyclic) bond motifs is 1. The van der Waals surface area contributed by atoms with Crippen LogP contribution in [-0.2, 0) is 24.5 Å². The fourth-order valence-corrected chi connectivity index (χ4v) is 4.35. The van der Waals surface area contributed by atoms with Gasteiger partial charge in [-0.3, -0.25) is 19.7 Å². The van der Waals surface area contributed by atoms with E-state index >= 15 is 0 Å². The number of nitrogens with zero attached hydrogens (tertiary/aromatic N) is 3. The molecule has 2 fully saturated rings. The summed E-state index contributed by atoms with van der Waals surface area (Å²) < 4.78 is 25.4. The summed E-state index contributed by atoms with van der Waals surface area (Å²) in [5.41, 5.74) is -3.22. The molecule has 2 aromatic rings. The van der Waals surface area contributed by atoms with Crippen LogP contribution in [0.5, 0.6) is 0 Å². The van der Waals surface area contributed by atoms with E-state index < -0.39 is 51.6 Å². The van der Waals surface area contributed by atoms with Gasteiger partial charge in [-0.25, -0.2) is 0 Å². The van der Waals surface area contributed by atoms with Gasteiger partial charge in [0.1, 0.15) is 12.3 Å². The maximum Gasteiger partial charge on any atom is 0.326 e. The minimum absolute atomic E-state index is 0.206. The van der Waals surface area contributed by atoms with E-state index in [1.165, 1.54) is 4.90 Å². The van der Waals surface area contributed by atoms with Gasteiger partial charge in [0.15, 0.2) is 5.41 Å². The number of nitriles is 1. The van der Waals surface area contributed by atoms with Gasteiger partial charge in [-0.15, -0.1) is 0 Å². The van der Waals surface area contributed by atoms with Gasteiger partial charge in [0.05, 0.1) is 30.2 Å². The Kier molecular flexibility index (Phi) is 4.91. The van der Waals surface area contributed by atoms with Gasteiger partial charge in [0.25, 0.3) is 0 Å². The maximum absolute atomic E-state index is 14.8. The molecule has 2 aliphatic heterocycles. The number of nitro benzene ring substituents is 1. The SMILES string of the molecule is COC(=O)[C@]1(c2ccc([N+](=O)[O-])c(F)c2C#N)C[C@@H]2OC[C@@H](c3ccccc3)N2C1=O. The molecule has 2 heterocycles. The zero-order valence-corrected chi connectivity index (χ0v) is 16.3. The van der Waals surface area contributed by atoms with Gasteiger partial charge >= 0.3 is 11.7 Å². The van der Waals surface area contributed by atoms with Crippen LogP contribution in [-0.4, -0.2) is 41.6 Å². The molecule has 3 atom stereocenters. The molecule has 0 saturated carbocycles. The Morgan fingerprint density at radius 1 is 1.35 bits per heavy atom. The number of esters is 1. The first-order valence-electron chi connectivity index (χ1n) is 9.32. The molecule has 31 heavy (non-hydrogen) atoms. The predicted molar refractivity (Wildman–Crippen MR) is 102 cm³/mol. The largest absolute Gasteiger partial charge is 0.468 e. The number of ether oxygens (including phenoxy) is 2. The van der Waals surface area contributed by atoms with Crippen molar-refractivity contribution in [1.82, 2.24) is 4.90 Å². The summed E-state index contributed by atoms with van der Waals surface area (Å²) in [6.07, 6.45) is -1.02. The van der Waals surface area contributed by atoms with Gasteiger partial charge < -0.3 is 14.4 Å². The number of benzene rings is 2. The van der Waals surface area contributed by atoms with Gasteiger partial charge in [0, 0.05) is 18.1 Å². The van der Waals surface area contributed by atoms with Crippen molar-refractivity contribution in [3.8, 4) is 6.07 Å². The molecule has 2 aliphatic rings. The van der Waals surface area contributed by atoms with Crippen LogP contribution >= 0.6 is 0 Å². The third kappa shape index (κ3) is 2.85. The second-order valence-electron chi connectivity index (χ2n) is 7.22. The highest BCUT2D eigenvalue weighted by atomic mass is 19.1. The summed E-state index contributed by atoms with van der Waals surface area (Å²) in [5.74, 6) is -3.11. The highest BCUT2D eigenvalue weighted by molar-refractivity contribution is 6.11. The molecule has 1 amide bonds. The normalized spacial score (nSPS) is 24.5. The first kappa shape index (κ1) is 20.4. The molecule has 0 N–H and O–H groups in total. The van der Waals surface area contributed by atoms with Crippen LogP contribution in [0.2, 0.25) is 0 Å². The molecule has 0 spiro atoms. The zero-order valence-electron chi connectivity index (χ0n) is 16.3. The number of methoxy groups -OCH3 is 1. The van der Waals surface area contributed by atoms with Crippen molar-refractivity contribution in [2.24, 2.45) is 0 Å². The molecule has 2 aromatic carbocycles. The summed E-state index contributed by atoms with van der Waals surface area (Å²) in [4.78, 5) is 38.1. The molecule has 0 radical (unpaired) electrons. The maximum atomic E-state index is 14.8. The summed E-state index contributed by atoms with van der Waals surface area (Å²) in [6, 6.07) is 12.0. The highest BCUT2D eigenvalue weighted by Gasteiger charge is 2.63. The fraction of sp³-hybridized carbons (Fsp3) is 0.286. The molecule has 158 valence electrons. The van der Waals surface area contributed by atoms with E-state index in [9.17, 15) is 29.4 Å². The highest BCUT2D eigenvalue weighted by Crippen LogP contribution is 2.49. The van der Waals surface area contributed by atoms with E-state index in [0.29, 0.717) is 0 Å². The molecule has 0 aliphatic carbocycles. The van der Waals surface area contributed by atoms with Crippen LogP contribution in [0.15, 0.2) is 42.5 Å². The van der Waals surface area contributed by atoms with E-state index in [0.717, 1.165) is 24.8 Å². The number of hydrogen-bond acceptors (Lipinski definition) is 7. The fourth-order valence-electron chi connectivity index (χ4n) is 4.35. The van der Waals surface area contributed by atoms with Crippen molar-refractivity contribution in [1.29, 1.82) is 5.26 Å². The molecular weight excluding hydrogens is 409 g/mol. The minimum Gasteiger partial charge on any atom is -0.468 e. The van der Waals surface area contributed by atoms with Crippen LogP contribution in [0.4, 0.5) is 10.1 Å². The molecule has 9 nitrogen and oxygen atoms in total. The van der Waals surface area contributed by atoms with Crippen LogP contribution < -0.4 is 0 Å². The van der Waals surface area contributed by atoms with Crippen LogP contribution in [0, 0.1) is 27.3 Å². The minimum atomic E-state index is -2.06. The van der Waals surface area contributed by atoms with Gasteiger partial charge in [0.2, 0.25) is 11.7 Å². The van der Waals surface area contributed by atoms with E-state index in [-0.39, 0.29) is 18.6 Å². The molecule has 0 unspecified atom stereocenters. The standard InChI is InChI=1S/C21H16FN3O6/c1-30-20(27)21(14-7-8-15(25(28)29)18(22)13(14)10-23)9-17-24(19(21)26)16(11-31-17)12-5-3-2-4-6-12/h2-8,16-17H,9,11H2,1H3/t16-,17-,21-/m0/s1. The Morgan fingerprint density at radius 3 is 2.68 bits per heavy atom. The summed E-state index contributed by atoms with van der Waals surface area (Å²) >= 11 is 0. The lowest BCUT2D eigenvalue weighted by molar-refractivity contribution is -0.387. The first-order valence-corrected chi connectivity index (χ1v) is 9.32. The summed E-state index contributed by atoms with van der Waals surface area (Å²) in [6.45, 7) is 0.206. The van der Waals surface area contributed by atoms with E-state index in [1.54, 1.807) is 18.2 Å².